The van der Waals surface area contributed by atoms with E-state index in [0.29, 0.717) is 5.75 Å². The maximum Gasteiger partial charge on any atom is 0.349 e. The van der Waals surface area contributed by atoms with Gasteiger partial charge < -0.3 is 43.6 Å². The van der Waals surface area contributed by atoms with Gasteiger partial charge in [0.1, 0.15) is 5.75 Å². The van der Waals surface area contributed by atoms with Crippen molar-refractivity contribution in [3.63, 3.8) is 0 Å². The lowest BCUT2D eigenvalue weighted by atomic mass is 10.1. The fraction of sp³-hybridized carbons (Fsp3) is 0.226. The minimum atomic E-state index is -2.36. The predicted octanol–water partition coefficient (Wildman–Crippen LogP) is 3.04. The van der Waals surface area contributed by atoms with Crippen LogP contribution in [0, 0.1) is 0 Å². The molecule has 0 aliphatic carbocycles. The Morgan fingerprint density at radius 3 is 1.46 bits per heavy atom. The highest BCUT2D eigenvalue weighted by atomic mass is 16.6. The number of carboxylic acid groups (broad SMARTS) is 1. The summed E-state index contributed by atoms with van der Waals surface area (Å²) in [6, 6.07) is 12.9. The zero-order valence-corrected chi connectivity index (χ0v) is 25.2. The highest BCUT2D eigenvalue weighted by Crippen LogP contribution is 2.30. The number of rotatable bonds is 13. The minimum absolute atomic E-state index is 0.0205. The van der Waals surface area contributed by atoms with Crippen molar-refractivity contribution < 1.29 is 67.0 Å². The lowest BCUT2D eigenvalue weighted by Gasteiger charge is -2.24. The Kier molecular flexibility index (Phi) is 11.6. The second-order valence-corrected chi connectivity index (χ2v) is 9.13. The third kappa shape index (κ3) is 8.95. The molecule has 0 heterocycles. The van der Waals surface area contributed by atoms with Crippen molar-refractivity contribution in [3.05, 3.63) is 71.8 Å². The van der Waals surface area contributed by atoms with Crippen molar-refractivity contribution in [2.75, 3.05) is 26.6 Å². The largest absolute Gasteiger partial charge is 0.497 e. The van der Waals surface area contributed by atoms with Crippen molar-refractivity contribution in [2.45, 2.75) is 26.1 Å². The summed E-state index contributed by atoms with van der Waals surface area (Å²) in [6.45, 7) is 2.31. The Morgan fingerprint density at radius 2 is 1.07 bits per heavy atom. The quantitative estimate of drug-likeness (QED) is 0.204. The number of hydrogen-bond donors (Lipinski definition) is 2. The van der Waals surface area contributed by atoms with Crippen LogP contribution < -0.4 is 29.0 Å². The lowest BCUT2D eigenvalue weighted by molar-refractivity contribution is -0.157. The second-order valence-electron chi connectivity index (χ2n) is 9.13. The molecule has 0 radical (unpaired) electrons. The van der Waals surface area contributed by atoms with Gasteiger partial charge in [-0.3, -0.25) is 14.4 Å². The maximum atomic E-state index is 13.4. The molecule has 242 valence electrons. The van der Waals surface area contributed by atoms with E-state index < -0.39 is 48.0 Å². The van der Waals surface area contributed by atoms with E-state index in [1.807, 2.05) is 0 Å². The zero-order valence-electron chi connectivity index (χ0n) is 25.2. The fourth-order valence-electron chi connectivity index (χ4n) is 3.82. The molecule has 0 saturated heterocycles. The number of carbonyl (C=O) groups is 6. The van der Waals surface area contributed by atoms with Gasteiger partial charge in [-0.25, -0.2) is 14.4 Å². The molecule has 0 saturated carbocycles. The lowest BCUT2D eigenvalue weighted by Crippen LogP contribution is -2.48. The van der Waals surface area contributed by atoms with E-state index >= 15 is 0 Å². The Hall–Kier alpha value is -6.12. The standard InChI is InChI=1S/C31H29NO14/c1-16(33)43-22-12-6-18(14-24(22)41-4)30(38)45-26(28(35)32-20-8-10-21(40-3)11-9-20)27(29(36)37)46-31(39)19-7-13-23(44-17(2)34)25(15-19)42-5/h6-15,26-27H,1-5H3,(H,32,35)(H,36,37)/t26-,27-/m0/s1. The molecule has 2 N–H and O–H groups in total. The van der Waals surface area contributed by atoms with Gasteiger partial charge in [-0.1, -0.05) is 0 Å². The van der Waals surface area contributed by atoms with Gasteiger partial charge in [-0.05, 0) is 60.7 Å². The average molecular weight is 640 g/mol. The fourth-order valence-corrected chi connectivity index (χ4v) is 3.82. The first-order valence-corrected chi connectivity index (χ1v) is 13.2. The van der Waals surface area contributed by atoms with Crippen molar-refractivity contribution >= 4 is 41.4 Å². The summed E-state index contributed by atoms with van der Waals surface area (Å²) in [5, 5.41) is 12.5. The average Bonchev–Trinajstić information content (AvgIpc) is 3.02. The SMILES string of the molecule is COc1ccc(NC(=O)[C@@H](OC(=O)c2ccc(OC(C)=O)c(OC)c2)[C@H](OC(=O)c2ccc(OC(C)=O)c(OC)c2)C(=O)O)cc1. The number of carboxylic acids is 1. The number of carbonyl (C=O) groups excluding carboxylic acids is 5. The molecular weight excluding hydrogens is 610 g/mol. The maximum absolute atomic E-state index is 13.4. The van der Waals surface area contributed by atoms with Crippen LogP contribution in [0.25, 0.3) is 0 Å². The van der Waals surface area contributed by atoms with E-state index in [1.165, 1.54) is 63.8 Å². The highest BCUT2D eigenvalue weighted by Gasteiger charge is 2.41. The van der Waals surface area contributed by atoms with Crippen molar-refractivity contribution in [3.8, 4) is 28.7 Å². The van der Waals surface area contributed by atoms with E-state index in [4.69, 9.17) is 33.2 Å². The topological polar surface area (TPSA) is 199 Å². The van der Waals surface area contributed by atoms with Crippen LogP contribution in [0.1, 0.15) is 34.6 Å². The number of methoxy groups -OCH3 is 3. The van der Waals surface area contributed by atoms with E-state index in [1.54, 1.807) is 0 Å². The first kappa shape index (κ1) is 34.4. The first-order valence-electron chi connectivity index (χ1n) is 13.2. The number of nitrogens with one attached hydrogen (secondary N) is 1. The van der Waals surface area contributed by atoms with Gasteiger partial charge in [-0.2, -0.15) is 0 Å². The van der Waals surface area contributed by atoms with Crippen LogP contribution >= 0.6 is 0 Å². The molecule has 2 atom stereocenters. The number of ether oxygens (including phenoxy) is 7. The van der Waals surface area contributed by atoms with Crippen molar-refractivity contribution in [2.24, 2.45) is 0 Å². The Balaban J connectivity index is 1.97. The van der Waals surface area contributed by atoms with Crippen LogP contribution in [0.3, 0.4) is 0 Å². The second kappa shape index (κ2) is 15.6. The summed E-state index contributed by atoms with van der Waals surface area (Å²) < 4.78 is 35.9. The molecule has 0 aliphatic heterocycles. The van der Waals surface area contributed by atoms with E-state index in [9.17, 15) is 33.9 Å². The van der Waals surface area contributed by atoms with Crippen LogP contribution in [0.4, 0.5) is 5.69 Å². The highest BCUT2D eigenvalue weighted by molar-refractivity contribution is 6.01. The summed E-state index contributed by atoms with van der Waals surface area (Å²) in [7, 11) is 3.92. The normalized spacial score (nSPS) is 11.6. The molecule has 0 spiro atoms. The zero-order chi connectivity index (χ0) is 34.0. The van der Waals surface area contributed by atoms with Crippen molar-refractivity contribution in [1.82, 2.24) is 0 Å². The van der Waals surface area contributed by atoms with Gasteiger partial charge in [0.2, 0.25) is 12.2 Å². The molecular formula is C31H29NO14. The van der Waals surface area contributed by atoms with Crippen LogP contribution in [0.15, 0.2) is 60.7 Å². The van der Waals surface area contributed by atoms with Gasteiger partial charge in [0.25, 0.3) is 5.91 Å². The number of aliphatic carboxylic acids is 1. The molecule has 3 rings (SSSR count). The number of anilines is 1. The summed E-state index contributed by atoms with van der Waals surface area (Å²) in [6.07, 6.45) is -4.60. The third-order valence-electron chi connectivity index (χ3n) is 5.91. The van der Waals surface area contributed by atoms with Gasteiger partial charge in [0.15, 0.2) is 23.0 Å². The van der Waals surface area contributed by atoms with Gasteiger partial charge in [-0.15, -0.1) is 0 Å². The number of esters is 4. The minimum Gasteiger partial charge on any atom is -0.497 e. The number of benzene rings is 3. The van der Waals surface area contributed by atoms with E-state index in [2.05, 4.69) is 5.32 Å². The summed E-state index contributed by atoms with van der Waals surface area (Å²) in [5.41, 5.74) is -0.304. The van der Waals surface area contributed by atoms with Crippen LogP contribution in [-0.2, 0) is 28.7 Å². The summed E-state index contributed by atoms with van der Waals surface area (Å²) in [5.74, 6) is -6.46. The molecule has 46 heavy (non-hydrogen) atoms. The Morgan fingerprint density at radius 1 is 0.609 bits per heavy atom. The van der Waals surface area contributed by atoms with E-state index in [-0.39, 0.29) is 39.8 Å². The van der Waals surface area contributed by atoms with Crippen LogP contribution in [0.2, 0.25) is 0 Å². The van der Waals surface area contributed by atoms with E-state index in [0.717, 1.165) is 32.0 Å². The van der Waals surface area contributed by atoms with Gasteiger partial charge >= 0.3 is 29.8 Å². The predicted molar refractivity (Wildman–Crippen MR) is 156 cm³/mol. The van der Waals surface area contributed by atoms with Crippen molar-refractivity contribution in [1.29, 1.82) is 0 Å². The molecule has 0 fully saturated rings. The molecule has 0 aromatic heterocycles. The van der Waals surface area contributed by atoms with Crippen LogP contribution in [0.5, 0.6) is 28.7 Å². The molecule has 3 aromatic rings. The number of amides is 1. The Labute approximate surface area is 261 Å². The molecule has 0 aliphatic rings. The number of hydrogen-bond acceptors (Lipinski definition) is 13. The third-order valence-corrected chi connectivity index (χ3v) is 5.91. The van der Waals surface area contributed by atoms with Gasteiger partial charge in [0, 0.05) is 19.5 Å². The molecule has 0 unspecified atom stereocenters. The smallest absolute Gasteiger partial charge is 0.349 e. The molecule has 1 amide bonds. The molecule has 15 heteroatoms. The summed E-state index contributed by atoms with van der Waals surface area (Å²) in [4.78, 5) is 74.9. The molecule has 15 nitrogen and oxygen atoms in total. The van der Waals surface area contributed by atoms with Crippen LogP contribution in [-0.4, -0.2) is 74.4 Å². The van der Waals surface area contributed by atoms with Gasteiger partial charge in [0.05, 0.1) is 32.5 Å². The monoisotopic (exact) mass is 639 g/mol. The first-order chi connectivity index (χ1) is 21.9. The Bertz CT molecular complexity index is 1630. The molecule has 0 bridgehead atoms. The summed E-state index contributed by atoms with van der Waals surface area (Å²) >= 11 is 0. The molecule has 3 aromatic carbocycles.